The third-order valence-corrected chi connectivity index (χ3v) is 7.80. The summed E-state index contributed by atoms with van der Waals surface area (Å²) in [7, 11) is 0. The summed E-state index contributed by atoms with van der Waals surface area (Å²) >= 11 is 0. The number of rotatable bonds is 20. The van der Waals surface area contributed by atoms with Crippen LogP contribution in [0.5, 0.6) is 0 Å². The number of ether oxygens (including phenoxy) is 1. The van der Waals surface area contributed by atoms with E-state index in [2.05, 4.69) is 34.6 Å². The van der Waals surface area contributed by atoms with Crippen molar-refractivity contribution in [2.45, 2.75) is 135 Å². The van der Waals surface area contributed by atoms with E-state index in [4.69, 9.17) is 4.74 Å². The lowest BCUT2D eigenvalue weighted by Crippen LogP contribution is -2.50. The second-order valence-corrected chi connectivity index (χ2v) is 10.8. The Hall–Kier alpha value is -0.910. The molecule has 0 bridgehead atoms. The first-order chi connectivity index (χ1) is 17.3. The summed E-state index contributed by atoms with van der Waals surface area (Å²) < 4.78 is 5.44. The van der Waals surface area contributed by atoms with Crippen LogP contribution in [0.25, 0.3) is 0 Å². The Labute approximate surface area is 217 Å². The number of nitrogens with zero attached hydrogens (tertiary/aromatic N) is 1. The summed E-state index contributed by atoms with van der Waals surface area (Å²) in [6, 6.07) is 1.37. The Morgan fingerprint density at radius 1 is 0.857 bits per heavy atom. The number of esters is 1. The molecule has 0 aromatic rings. The molecule has 2 heterocycles. The zero-order chi connectivity index (χ0) is 24.8. The van der Waals surface area contributed by atoms with Crippen LogP contribution in [0.2, 0.25) is 0 Å². The molecule has 0 atom stereocenters. The van der Waals surface area contributed by atoms with Crippen molar-refractivity contribution in [2.75, 3.05) is 39.3 Å². The molecule has 2 aliphatic rings. The molecule has 2 saturated heterocycles. The van der Waals surface area contributed by atoms with E-state index in [0.717, 1.165) is 25.4 Å². The summed E-state index contributed by atoms with van der Waals surface area (Å²) in [6.07, 6.45) is 27.0. The van der Waals surface area contributed by atoms with Gasteiger partial charge in [-0.1, -0.05) is 70.4 Å². The standard InChI is InChI=1S/C30H57N3O2/c1-2-3-4-5-6-7-8-9-10-11-12-13-14-15-16-17-30(34)35-27-24-32-28-20-25-33(26-21-28)29-18-22-31-23-19-29/h9-10,28-29,31-32H,2-8,11-27H2,1H3/b10-9-. The minimum atomic E-state index is -0.0230. The average molecular weight is 492 g/mol. The lowest BCUT2D eigenvalue weighted by Gasteiger charge is -2.39. The molecule has 35 heavy (non-hydrogen) atoms. The molecule has 0 unspecified atom stereocenters. The SMILES string of the molecule is CCCCCCCC/C=C\CCCCCCCC(=O)OCCNC1CCN(C2CCNCC2)CC1. The van der Waals surface area contributed by atoms with Gasteiger partial charge in [0.2, 0.25) is 0 Å². The zero-order valence-corrected chi connectivity index (χ0v) is 23.0. The van der Waals surface area contributed by atoms with E-state index in [-0.39, 0.29) is 5.97 Å². The van der Waals surface area contributed by atoms with Crippen molar-refractivity contribution >= 4 is 5.97 Å². The predicted molar refractivity (Wildman–Crippen MR) is 149 cm³/mol. The maximum absolute atomic E-state index is 12.0. The number of hydrogen-bond donors (Lipinski definition) is 2. The average Bonchev–Trinajstić information content (AvgIpc) is 2.90. The number of likely N-dealkylation sites (tertiary alicyclic amines) is 1. The van der Waals surface area contributed by atoms with Crippen LogP contribution in [0.3, 0.4) is 0 Å². The molecule has 204 valence electrons. The summed E-state index contributed by atoms with van der Waals surface area (Å²) in [6.45, 7) is 8.33. The fraction of sp³-hybridized carbons (Fsp3) is 0.900. The van der Waals surface area contributed by atoms with Crippen molar-refractivity contribution in [1.82, 2.24) is 15.5 Å². The minimum absolute atomic E-state index is 0.0230. The van der Waals surface area contributed by atoms with Crippen molar-refractivity contribution in [3.8, 4) is 0 Å². The number of allylic oxidation sites excluding steroid dienone is 2. The lowest BCUT2D eigenvalue weighted by atomic mass is 9.98. The van der Waals surface area contributed by atoms with E-state index in [9.17, 15) is 4.79 Å². The van der Waals surface area contributed by atoms with Gasteiger partial charge >= 0.3 is 5.97 Å². The molecule has 2 rings (SSSR count). The monoisotopic (exact) mass is 491 g/mol. The maximum atomic E-state index is 12.0. The Bertz CT molecular complexity index is 526. The fourth-order valence-electron chi connectivity index (χ4n) is 5.48. The number of piperidine rings is 2. The lowest BCUT2D eigenvalue weighted by molar-refractivity contribution is -0.143. The maximum Gasteiger partial charge on any atom is 0.305 e. The smallest absolute Gasteiger partial charge is 0.305 e. The van der Waals surface area contributed by atoms with Gasteiger partial charge in [0, 0.05) is 25.0 Å². The number of unbranched alkanes of at least 4 members (excludes halogenated alkanes) is 11. The normalized spacial score (nSPS) is 18.4. The van der Waals surface area contributed by atoms with Crippen LogP contribution in [0.4, 0.5) is 0 Å². The van der Waals surface area contributed by atoms with Gasteiger partial charge in [-0.05, 0) is 84.0 Å². The highest BCUT2D eigenvalue weighted by Gasteiger charge is 2.25. The van der Waals surface area contributed by atoms with Crippen LogP contribution in [0, 0.1) is 0 Å². The van der Waals surface area contributed by atoms with Gasteiger partial charge in [-0.25, -0.2) is 0 Å². The summed E-state index contributed by atoms with van der Waals surface area (Å²) in [5, 5.41) is 7.06. The molecule has 2 aliphatic heterocycles. The second kappa shape index (κ2) is 21.2. The molecule has 2 fully saturated rings. The first-order valence-electron chi connectivity index (χ1n) is 15.3. The van der Waals surface area contributed by atoms with Gasteiger partial charge in [0.05, 0.1) is 0 Å². The molecular weight excluding hydrogens is 434 g/mol. The van der Waals surface area contributed by atoms with E-state index in [1.165, 1.54) is 122 Å². The Balaban J connectivity index is 1.30. The predicted octanol–water partition coefficient (Wildman–Crippen LogP) is 6.37. The minimum Gasteiger partial charge on any atom is -0.464 e. The fourth-order valence-corrected chi connectivity index (χ4v) is 5.48. The van der Waals surface area contributed by atoms with E-state index < -0.39 is 0 Å². The quantitative estimate of drug-likeness (QED) is 0.118. The highest BCUT2D eigenvalue weighted by Crippen LogP contribution is 2.18. The molecule has 0 amide bonds. The third-order valence-electron chi connectivity index (χ3n) is 7.80. The first-order valence-corrected chi connectivity index (χ1v) is 15.3. The van der Waals surface area contributed by atoms with Crippen LogP contribution >= 0.6 is 0 Å². The molecular formula is C30H57N3O2. The molecule has 5 heteroatoms. The molecule has 0 aromatic carbocycles. The molecule has 5 nitrogen and oxygen atoms in total. The van der Waals surface area contributed by atoms with Gasteiger partial charge in [0.15, 0.2) is 0 Å². The Kier molecular flexibility index (Phi) is 18.4. The van der Waals surface area contributed by atoms with Gasteiger partial charge in [0.25, 0.3) is 0 Å². The molecule has 0 aromatic heterocycles. The van der Waals surface area contributed by atoms with E-state index in [1.54, 1.807) is 0 Å². The first kappa shape index (κ1) is 30.3. The van der Waals surface area contributed by atoms with E-state index in [0.29, 0.717) is 19.1 Å². The van der Waals surface area contributed by atoms with Gasteiger partial charge in [-0.2, -0.15) is 0 Å². The van der Waals surface area contributed by atoms with Crippen LogP contribution in [-0.2, 0) is 9.53 Å². The van der Waals surface area contributed by atoms with Gasteiger partial charge in [-0.15, -0.1) is 0 Å². The topological polar surface area (TPSA) is 53.6 Å². The van der Waals surface area contributed by atoms with Gasteiger partial charge in [-0.3, -0.25) is 4.79 Å². The van der Waals surface area contributed by atoms with Crippen molar-refractivity contribution in [2.24, 2.45) is 0 Å². The Morgan fingerprint density at radius 2 is 1.46 bits per heavy atom. The number of carbonyl (C=O) groups is 1. The van der Waals surface area contributed by atoms with Crippen LogP contribution in [-0.4, -0.2) is 62.3 Å². The summed E-state index contributed by atoms with van der Waals surface area (Å²) in [5.41, 5.74) is 0. The van der Waals surface area contributed by atoms with Crippen molar-refractivity contribution in [3.05, 3.63) is 12.2 Å². The molecule has 0 spiro atoms. The number of nitrogens with one attached hydrogen (secondary N) is 2. The largest absolute Gasteiger partial charge is 0.464 e. The van der Waals surface area contributed by atoms with Crippen LogP contribution in [0.1, 0.15) is 122 Å². The van der Waals surface area contributed by atoms with Crippen molar-refractivity contribution < 1.29 is 9.53 Å². The van der Waals surface area contributed by atoms with Crippen molar-refractivity contribution in [3.63, 3.8) is 0 Å². The van der Waals surface area contributed by atoms with E-state index >= 15 is 0 Å². The van der Waals surface area contributed by atoms with Crippen LogP contribution < -0.4 is 10.6 Å². The van der Waals surface area contributed by atoms with Gasteiger partial charge < -0.3 is 20.3 Å². The third kappa shape index (κ3) is 15.7. The molecule has 2 N–H and O–H groups in total. The molecule has 0 saturated carbocycles. The van der Waals surface area contributed by atoms with Crippen molar-refractivity contribution in [1.29, 1.82) is 0 Å². The molecule has 0 aliphatic carbocycles. The van der Waals surface area contributed by atoms with Gasteiger partial charge in [0.1, 0.15) is 6.61 Å². The highest BCUT2D eigenvalue weighted by molar-refractivity contribution is 5.69. The highest BCUT2D eigenvalue weighted by atomic mass is 16.5. The second-order valence-electron chi connectivity index (χ2n) is 10.8. The zero-order valence-electron chi connectivity index (χ0n) is 23.0. The summed E-state index contributed by atoms with van der Waals surface area (Å²) in [4.78, 5) is 14.7. The van der Waals surface area contributed by atoms with Crippen LogP contribution in [0.15, 0.2) is 12.2 Å². The molecule has 0 radical (unpaired) electrons. The Morgan fingerprint density at radius 3 is 2.11 bits per heavy atom. The van der Waals surface area contributed by atoms with E-state index in [1.807, 2.05) is 0 Å². The number of hydrogen-bond acceptors (Lipinski definition) is 5. The summed E-state index contributed by atoms with van der Waals surface area (Å²) in [5.74, 6) is -0.0230. The number of carbonyl (C=O) groups excluding carboxylic acids is 1.